The first kappa shape index (κ1) is 55.9. The van der Waals surface area contributed by atoms with Gasteiger partial charge in [0.25, 0.3) is 0 Å². The Hall–Kier alpha value is -5.04. The number of unbranched alkanes of at least 4 members (excludes halogenated alkanes) is 2. The number of nitrogens with zero attached hydrogens (tertiary/aromatic N) is 2. The van der Waals surface area contributed by atoms with Gasteiger partial charge in [-0.05, 0) is 86.4 Å². The number of para-hydroxylation sites is 2. The number of benzene rings is 4. The van der Waals surface area contributed by atoms with Gasteiger partial charge in [0.1, 0.15) is 24.0 Å². The fraction of sp³-hybridized carbons (Fsp3) is 0.423. The van der Waals surface area contributed by atoms with Crippen LogP contribution in [0.5, 0.6) is 11.5 Å². The Labute approximate surface area is 421 Å². The quantitative estimate of drug-likeness (QED) is 0.0403. The third kappa shape index (κ3) is 14.1. The molecule has 4 aromatic rings. The molecule has 0 N–H and O–H groups in total. The summed E-state index contributed by atoms with van der Waals surface area (Å²) in [7, 11) is -7.41. The van der Waals surface area contributed by atoms with Crippen LogP contribution in [0.1, 0.15) is 80.1 Å². The molecule has 380 valence electrons. The summed E-state index contributed by atoms with van der Waals surface area (Å²) < 4.78 is 103. The van der Waals surface area contributed by atoms with Crippen LogP contribution in [0.25, 0.3) is 0 Å². The molecule has 4 aromatic carbocycles. The average molecular weight is 1040 g/mol. The van der Waals surface area contributed by atoms with Crippen molar-refractivity contribution in [3.05, 3.63) is 109 Å². The van der Waals surface area contributed by atoms with Crippen molar-refractivity contribution in [1.82, 2.24) is 0 Å². The van der Waals surface area contributed by atoms with E-state index in [0.29, 0.717) is 46.8 Å². The van der Waals surface area contributed by atoms with Crippen molar-refractivity contribution in [1.29, 1.82) is 0 Å². The Kier molecular flexibility index (Phi) is 19.9. The molecule has 6 rings (SSSR count). The first-order chi connectivity index (χ1) is 33.3. The lowest BCUT2D eigenvalue weighted by atomic mass is 9.86. The van der Waals surface area contributed by atoms with Gasteiger partial charge in [-0.25, -0.2) is 26.4 Å². The van der Waals surface area contributed by atoms with E-state index in [9.17, 15) is 35.2 Å². The number of fused-ring (bicyclic) bond motifs is 2. The van der Waals surface area contributed by atoms with E-state index in [0.717, 1.165) is 49.9 Å². The number of hydrogen-bond donors (Lipinski definition) is 0. The smallest absolute Gasteiger partial charge is 0.370 e. The molecular formula is C52H64F2N2O10S4. The number of hydrogen-bond acceptors (Lipinski definition) is 14. The predicted octanol–water partition coefficient (Wildman–Crippen LogP) is 12.6. The van der Waals surface area contributed by atoms with Gasteiger partial charge < -0.3 is 28.7 Å². The number of carbonyl (C=O) groups excluding carboxylic acids is 2. The third-order valence-electron chi connectivity index (χ3n) is 11.8. The van der Waals surface area contributed by atoms with Crippen molar-refractivity contribution in [3.8, 4) is 11.5 Å². The van der Waals surface area contributed by atoms with E-state index in [1.807, 2.05) is 96.8 Å². The maximum Gasteiger partial charge on any atom is 0.370 e. The van der Waals surface area contributed by atoms with Crippen molar-refractivity contribution < 1.29 is 54.2 Å². The molecule has 12 nitrogen and oxygen atoms in total. The van der Waals surface area contributed by atoms with Crippen LogP contribution in [-0.4, -0.2) is 79.1 Å². The van der Waals surface area contributed by atoms with Gasteiger partial charge in [0, 0.05) is 36.6 Å². The second-order valence-corrected chi connectivity index (χ2v) is 23.4. The van der Waals surface area contributed by atoms with E-state index >= 15 is 0 Å². The van der Waals surface area contributed by atoms with Crippen LogP contribution in [-0.2, 0) is 38.7 Å². The number of anilines is 4. The maximum absolute atomic E-state index is 14.1. The van der Waals surface area contributed by atoms with Crippen molar-refractivity contribution in [2.45, 2.75) is 99.6 Å². The molecule has 2 aliphatic rings. The predicted molar refractivity (Wildman–Crippen MR) is 276 cm³/mol. The summed E-state index contributed by atoms with van der Waals surface area (Å²) >= 11 is 2.68. The van der Waals surface area contributed by atoms with Gasteiger partial charge in [-0.2, -0.15) is 8.78 Å². The van der Waals surface area contributed by atoms with Crippen molar-refractivity contribution >= 4 is 77.9 Å². The van der Waals surface area contributed by atoms with Crippen molar-refractivity contribution in [2.24, 2.45) is 10.8 Å². The molecule has 0 aromatic heterocycles. The molecule has 0 bridgehead atoms. The fourth-order valence-corrected chi connectivity index (χ4v) is 13.7. The summed E-state index contributed by atoms with van der Waals surface area (Å²) in [5.41, 5.74) is 1.95. The minimum atomic E-state index is -3.71. The van der Waals surface area contributed by atoms with Crippen LogP contribution < -0.4 is 19.3 Å². The van der Waals surface area contributed by atoms with E-state index in [2.05, 4.69) is 23.3 Å². The zero-order valence-corrected chi connectivity index (χ0v) is 44.4. The van der Waals surface area contributed by atoms with Crippen LogP contribution in [0.3, 0.4) is 0 Å². The van der Waals surface area contributed by atoms with Crippen LogP contribution in [0.4, 0.5) is 31.5 Å². The van der Waals surface area contributed by atoms with Gasteiger partial charge in [0.05, 0.1) is 55.7 Å². The van der Waals surface area contributed by atoms with Gasteiger partial charge in [-0.15, -0.1) is 23.5 Å². The average Bonchev–Trinajstić information content (AvgIpc) is 3.49. The van der Waals surface area contributed by atoms with Gasteiger partial charge in [0.15, 0.2) is 19.7 Å². The number of ether oxygens (including phenoxy) is 4. The fourth-order valence-electron chi connectivity index (χ4n) is 8.50. The highest BCUT2D eigenvalue weighted by Gasteiger charge is 2.42. The van der Waals surface area contributed by atoms with E-state index in [1.54, 1.807) is 26.0 Å². The Morgan fingerprint density at radius 2 is 0.971 bits per heavy atom. The highest BCUT2D eigenvalue weighted by atomic mass is 32.2. The zero-order chi connectivity index (χ0) is 51.3. The second kappa shape index (κ2) is 24.9. The molecule has 0 saturated heterocycles. The summed E-state index contributed by atoms with van der Waals surface area (Å²) in [5, 5.41) is 0. The Morgan fingerprint density at radius 1 is 0.614 bits per heavy atom. The minimum absolute atomic E-state index is 0.0125. The van der Waals surface area contributed by atoms with Gasteiger partial charge in [-0.3, -0.25) is 0 Å². The van der Waals surface area contributed by atoms with Gasteiger partial charge >= 0.3 is 11.9 Å². The summed E-state index contributed by atoms with van der Waals surface area (Å²) in [5.74, 6) is -4.38. The number of rotatable bonds is 18. The topological polar surface area (TPSA) is 146 Å². The number of halogens is 2. The molecule has 0 radical (unpaired) electrons. The summed E-state index contributed by atoms with van der Waals surface area (Å²) in [6.45, 7) is 12.5. The Balaban J connectivity index is 0.000000261. The Morgan fingerprint density at radius 3 is 1.29 bits per heavy atom. The third-order valence-corrected chi connectivity index (χ3v) is 17.5. The molecule has 18 heteroatoms. The molecular weight excluding hydrogens is 979 g/mol. The highest BCUT2D eigenvalue weighted by molar-refractivity contribution is 7.99. The molecule has 0 amide bonds. The lowest BCUT2D eigenvalue weighted by Gasteiger charge is -2.34. The first-order valence-electron chi connectivity index (χ1n) is 23.2. The zero-order valence-electron chi connectivity index (χ0n) is 41.1. The lowest BCUT2D eigenvalue weighted by Crippen LogP contribution is -2.35. The van der Waals surface area contributed by atoms with Crippen molar-refractivity contribution in [3.63, 3.8) is 0 Å². The molecule has 0 saturated carbocycles. The standard InChI is InChI=1S/2C26H32FNO5S2/c2*1-5-7-13-26(3)17-28(19-11-9-8-10-12-19)21-14-23(34-4)22(15-24(21)35(30,31)18-26)33-16-20(27)25(29)32-6-2/h2*8-12,14-16H,5-7,13,17-18H2,1-4H3/b2*20-16-/t2*26-/m10/s1. The van der Waals surface area contributed by atoms with E-state index in [-0.39, 0.29) is 46.0 Å². The molecule has 0 unspecified atom stereocenters. The van der Waals surface area contributed by atoms with Crippen LogP contribution >= 0.6 is 23.5 Å². The molecule has 70 heavy (non-hydrogen) atoms. The van der Waals surface area contributed by atoms with Crippen LogP contribution in [0, 0.1) is 10.8 Å². The summed E-state index contributed by atoms with van der Waals surface area (Å²) in [4.78, 5) is 28.8. The SMILES string of the molecule is CCCC[C@@]1(C)CN(c2ccccc2)c2cc(SC)c(O/C=C(\F)C(=O)OCC)cc2S(=O)(=O)C1.CCCC[C@]1(C)CN(c2ccccc2)c2cc(SC)c(O/C=C(\F)C(=O)OCC)cc2S(=O)(=O)C1. The van der Waals surface area contributed by atoms with Crippen LogP contribution in [0.15, 0.2) is 129 Å². The molecule has 2 aliphatic heterocycles. The van der Waals surface area contributed by atoms with Gasteiger partial charge in [0.2, 0.25) is 11.7 Å². The first-order valence-corrected chi connectivity index (χ1v) is 29.0. The van der Waals surface area contributed by atoms with Crippen LogP contribution in [0.2, 0.25) is 0 Å². The molecule has 0 spiro atoms. The highest BCUT2D eigenvalue weighted by Crippen LogP contribution is 2.48. The largest absolute Gasteiger partial charge is 0.461 e. The minimum Gasteiger partial charge on any atom is -0.461 e. The maximum atomic E-state index is 14.1. The number of thioether (sulfide) groups is 2. The number of esters is 2. The van der Waals surface area contributed by atoms with Crippen molar-refractivity contribution in [2.75, 3.05) is 60.1 Å². The van der Waals surface area contributed by atoms with E-state index in [4.69, 9.17) is 9.47 Å². The molecule has 0 fully saturated rings. The molecule has 2 heterocycles. The Bertz CT molecular complexity index is 2550. The molecule has 0 aliphatic carbocycles. The summed E-state index contributed by atoms with van der Waals surface area (Å²) in [6.07, 6.45) is 10.3. The van der Waals surface area contributed by atoms with Gasteiger partial charge in [-0.1, -0.05) is 89.8 Å². The normalized spacial score (nSPS) is 19.6. The summed E-state index contributed by atoms with van der Waals surface area (Å²) in [6, 6.07) is 25.8. The lowest BCUT2D eigenvalue weighted by molar-refractivity contribution is -0.141. The number of sulfone groups is 2. The number of carbonyl (C=O) groups is 2. The monoisotopic (exact) mass is 1040 g/mol. The van der Waals surface area contributed by atoms with E-state index < -0.39 is 54.1 Å². The second-order valence-electron chi connectivity index (χ2n) is 17.7. The van der Waals surface area contributed by atoms with E-state index in [1.165, 1.54) is 35.7 Å². The molecule has 2 atom stereocenters.